The number of aryl methyl sites for hydroxylation is 1. The Bertz CT molecular complexity index is 849. The minimum Gasteiger partial charge on any atom is -0.508 e. The summed E-state index contributed by atoms with van der Waals surface area (Å²) in [7, 11) is 7.68. The van der Waals surface area contributed by atoms with Gasteiger partial charge >= 0.3 is 0 Å². The second kappa shape index (κ2) is 7.26. The number of fused-ring (bicyclic) bond motifs is 1. The fourth-order valence-corrected chi connectivity index (χ4v) is 3.56. The van der Waals surface area contributed by atoms with Gasteiger partial charge in [0.25, 0.3) is 0 Å². The molecule has 0 aliphatic carbocycles. The van der Waals surface area contributed by atoms with Crippen LogP contribution in [0, 0.1) is 6.92 Å². The number of benzene rings is 2. The van der Waals surface area contributed by atoms with E-state index in [0.717, 1.165) is 5.56 Å². The van der Waals surface area contributed by atoms with Gasteiger partial charge in [0.2, 0.25) is 5.79 Å². The molecule has 1 aliphatic heterocycles. The first-order valence-corrected chi connectivity index (χ1v) is 8.35. The van der Waals surface area contributed by atoms with Crippen molar-refractivity contribution in [1.82, 2.24) is 0 Å². The minimum atomic E-state index is -1.38. The first-order chi connectivity index (χ1) is 12.9. The quantitative estimate of drug-likeness (QED) is 0.829. The molecular formula is C20H24O7. The standard InChI is InChI=1S/C20H24O7/c1-11-7-14(18(24-4)16(8-11)23-3)20(26-6)13-9-12(21)10-15(22-2)17(13)19(25-5)27-20/h7-10,19,21H,1-6H3/t19-,20+/m0/s1. The molecule has 3 rings (SSSR count). The molecule has 27 heavy (non-hydrogen) atoms. The summed E-state index contributed by atoms with van der Waals surface area (Å²) in [6.07, 6.45) is -0.758. The molecule has 7 heteroatoms. The van der Waals surface area contributed by atoms with Gasteiger partial charge in [0.1, 0.15) is 11.5 Å². The highest BCUT2D eigenvalue weighted by Gasteiger charge is 2.51. The molecule has 0 amide bonds. The largest absolute Gasteiger partial charge is 0.508 e. The first kappa shape index (κ1) is 19.3. The number of phenols is 1. The minimum absolute atomic E-state index is 0.0194. The van der Waals surface area contributed by atoms with Crippen LogP contribution < -0.4 is 14.2 Å². The van der Waals surface area contributed by atoms with Crippen LogP contribution in [0.5, 0.6) is 23.0 Å². The summed E-state index contributed by atoms with van der Waals surface area (Å²) in [5, 5.41) is 10.2. The van der Waals surface area contributed by atoms with E-state index in [1.807, 2.05) is 19.1 Å². The number of phenolic OH excluding ortho intramolecular Hbond substituents is 1. The predicted octanol–water partition coefficient (Wildman–Crippen LogP) is 3.25. The van der Waals surface area contributed by atoms with Gasteiger partial charge in [0.15, 0.2) is 17.8 Å². The maximum Gasteiger partial charge on any atom is 0.229 e. The normalized spacial score (nSPS) is 21.0. The van der Waals surface area contributed by atoms with E-state index >= 15 is 0 Å². The van der Waals surface area contributed by atoms with Crippen molar-refractivity contribution in [2.24, 2.45) is 0 Å². The number of rotatable bonds is 6. The molecule has 2 atom stereocenters. The van der Waals surface area contributed by atoms with Crippen molar-refractivity contribution in [3.05, 3.63) is 46.5 Å². The lowest BCUT2D eigenvalue weighted by Crippen LogP contribution is -2.31. The molecule has 0 aromatic heterocycles. The van der Waals surface area contributed by atoms with E-state index in [2.05, 4.69) is 0 Å². The molecule has 0 unspecified atom stereocenters. The first-order valence-electron chi connectivity index (χ1n) is 8.35. The van der Waals surface area contributed by atoms with Crippen molar-refractivity contribution < 1.29 is 33.5 Å². The molecule has 0 fully saturated rings. The topological polar surface area (TPSA) is 75.6 Å². The lowest BCUT2D eigenvalue weighted by molar-refractivity contribution is -0.268. The Kier molecular flexibility index (Phi) is 5.19. The average molecular weight is 376 g/mol. The lowest BCUT2D eigenvalue weighted by Gasteiger charge is -2.31. The lowest BCUT2D eigenvalue weighted by atomic mass is 9.92. The van der Waals surface area contributed by atoms with E-state index in [1.54, 1.807) is 20.3 Å². The SMILES string of the molecule is COc1cc(C)cc([C@]2(OC)O[C@H](OC)c3c(OC)cc(O)cc32)c1OC. The Morgan fingerprint density at radius 2 is 1.59 bits per heavy atom. The number of methoxy groups -OCH3 is 5. The van der Waals surface area contributed by atoms with Crippen molar-refractivity contribution in [1.29, 1.82) is 0 Å². The monoisotopic (exact) mass is 376 g/mol. The van der Waals surface area contributed by atoms with Crippen LogP contribution in [0.4, 0.5) is 0 Å². The molecule has 0 saturated carbocycles. The summed E-state index contributed by atoms with van der Waals surface area (Å²) < 4.78 is 34.2. The second-order valence-corrected chi connectivity index (χ2v) is 6.16. The molecule has 7 nitrogen and oxygen atoms in total. The number of hydrogen-bond donors (Lipinski definition) is 1. The highest BCUT2D eigenvalue weighted by atomic mass is 16.8. The van der Waals surface area contributed by atoms with Gasteiger partial charge in [0.05, 0.1) is 32.5 Å². The fraction of sp³-hybridized carbons (Fsp3) is 0.400. The third kappa shape index (κ3) is 2.88. The maximum absolute atomic E-state index is 10.2. The molecule has 146 valence electrons. The molecule has 0 spiro atoms. The van der Waals surface area contributed by atoms with Gasteiger partial charge in [-0.1, -0.05) is 0 Å². The third-order valence-electron chi connectivity index (χ3n) is 4.69. The van der Waals surface area contributed by atoms with Gasteiger partial charge in [-0.05, 0) is 30.7 Å². The maximum atomic E-state index is 10.2. The Hall–Kier alpha value is -2.48. The van der Waals surface area contributed by atoms with Crippen LogP contribution in [0.15, 0.2) is 24.3 Å². The van der Waals surface area contributed by atoms with E-state index < -0.39 is 12.1 Å². The van der Waals surface area contributed by atoms with Crippen molar-refractivity contribution in [3.63, 3.8) is 0 Å². The third-order valence-corrected chi connectivity index (χ3v) is 4.69. The Morgan fingerprint density at radius 1 is 0.889 bits per heavy atom. The zero-order valence-electron chi connectivity index (χ0n) is 16.3. The van der Waals surface area contributed by atoms with Crippen LogP contribution in [0.2, 0.25) is 0 Å². The summed E-state index contributed by atoms with van der Waals surface area (Å²) in [5.74, 6) is 0.0875. The van der Waals surface area contributed by atoms with Crippen LogP contribution in [-0.2, 0) is 20.0 Å². The molecule has 2 aromatic rings. The van der Waals surface area contributed by atoms with Crippen LogP contribution in [0.1, 0.15) is 28.5 Å². The molecule has 2 aromatic carbocycles. The highest BCUT2D eigenvalue weighted by Crippen LogP contribution is 2.55. The Morgan fingerprint density at radius 3 is 2.15 bits per heavy atom. The molecule has 0 radical (unpaired) electrons. The highest BCUT2D eigenvalue weighted by molar-refractivity contribution is 5.59. The molecule has 0 saturated heterocycles. The second-order valence-electron chi connectivity index (χ2n) is 6.16. The van der Waals surface area contributed by atoms with Gasteiger partial charge in [-0.2, -0.15) is 0 Å². The van der Waals surface area contributed by atoms with E-state index in [9.17, 15) is 5.11 Å². The van der Waals surface area contributed by atoms with Crippen molar-refractivity contribution in [3.8, 4) is 23.0 Å². The summed E-state index contributed by atoms with van der Waals surface area (Å²) in [5.41, 5.74) is 2.73. The van der Waals surface area contributed by atoms with Gasteiger partial charge in [-0.3, -0.25) is 0 Å². The van der Waals surface area contributed by atoms with Crippen LogP contribution in [0.3, 0.4) is 0 Å². The Labute approximate surface area is 158 Å². The zero-order chi connectivity index (χ0) is 19.8. The van der Waals surface area contributed by atoms with Crippen molar-refractivity contribution in [2.75, 3.05) is 35.5 Å². The van der Waals surface area contributed by atoms with Gasteiger partial charge in [-0.15, -0.1) is 0 Å². The number of aromatic hydroxyl groups is 1. The summed E-state index contributed by atoms with van der Waals surface area (Å²) >= 11 is 0. The number of ether oxygens (including phenoxy) is 6. The molecule has 0 bridgehead atoms. The van der Waals surface area contributed by atoms with Gasteiger partial charge < -0.3 is 33.5 Å². The van der Waals surface area contributed by atoms with Crippen LogP contribution in [-0.4, -0.2) is 40.7 Å². The summed E-state index contributed by atoms with van der Waals surface area (Å²) in [4.78, 5) is 0. The van der Waals surface area contributed by atoms with Crippen molar-refractivity contribution in [2.45, 2.75) is 19.0 Å². The summed E-state index contributed by atoms with van der Waals surface area (Å²) in [6, 6.07) is 6.84. The van der Waals surface area contributed by atoms with E-state index in [-0.39, 0.29) is 5.75 Å². The van der Waals surface area contributed by atoms with Crippen LogP contribution in [0.25, 0.3) is 0 Å². The predicted molar refractivity (Wildman–Crippen MR) is 97.6 cm³/mol. The zero-order valence-corrected chi connectivity index (χ0v) is 16.3. The van der Waals surface area contributed by atoms with E-state index in [4.69, 9.17) is 28.4 Å². The molecule has 1 heterocycles. The van der Waals surface area contributed by atoms with Crippen molar-refractivity contribution >= 4 is 0 Å². The average Bonchev–Trinajstić information content (AvgIpc) is 3.01. The number of hydrogen-bond acceptors (Lipinski definition) is 7. The molecule has 1 N–H and O–H groups in total. The fourth-order valence-electron chi connectivity index (χ4n) is 3.56. The van der Waals surface area contributed by atoms with Gasteiger partial charge in [-0.25, -0.2) is 0 Å². The molecule has 1 aliphatic rings. The van der Waals surface area contributed by atoms with E-state index in [0.29, 0.717) is 33.9 Å². The smallest absolute Gasteiger partial charge is 0.229 e. The van der Waals surface area contributed by atoms with Crippen LogP contribution >= 0.6 is 0 Å². The Balaban J connectivity index is 2.37. The van der Waals surface area contributed by atoms with E-state index in [1.165, 1.54) is 27.4 Å². The van der Waals surface area contributed by atoms with Gasteiger partial charge in [0, 0.05) is 25.8 Å². The summed E-state index contributed by atoms with van der Waals surface area (Å²) in [6.45, 7) is 1.93. The molecular weight excluding hydrogens is 352 g/mol.